The minimum absolute atomic E-state index is 0.00389. The first-order valence-electron chi connectivity index (χ1n) is 3.89. The highest BCUT2D eigenvalue weighted by molar-refractivity contribution is 5.77. The minimum Gasteiger partial charge on any atom is -0.392 e. The highest BCUT2D eigenvalue weighted by Crippen LogP contribution is 1.77. The van der Waals surface area contributed by atoms with Crippen LogP contribution in [0.1, 0.15) is 6.92 Å². The molecule has 0 aromatic rings. The van der Waals surface area contributed by atoms with E-state index in [1.165, 1.54) is 0 Å². The number of hydrogen-bond donors (Lipinski definition) is 3. The largest absolute Gasteiger partial charge is 0.392 e. The van der Waals surface area contributed by atoms with Crippen LogP contribution in [0.5, 0.6) is 0 Å². The second-order valence-electron chi connectivity index (χ2n) is 2.49. The van der Waals surface area contributed by atoms with Crippen LogP contribution in [0.25, 0.3) is 0 Å². The maximum Gasteiger partial charge on any atom is 0.246 e. The molecule has 4 N–H and O–H groups in total. The molecular weight excluding hydrogens is 160 g/mol. The van der Waals surface area contributed by atoms with Crippen LogP contribution in [-0.2, 0) is 9.53 Å². The van der Waals surface area contributed by atoms with E-state index in [0.29, 0.717) is 13.2 Å². The van der Waals surface area contributed by atoms with E-state index in [9.17, 15) is 4.79 Å². The molecule has 0 heterocycles. The summed E-state index contributed by atoms with van der Waals surface area (Å²) in [5.41, 5.74) is 5.14. The summed E-state index contributed by atoms with van der Waals surface area (Å²) in [5.74, 6) is -0.232. The van der Waals surface area contributed by atoms with E-state index in [4.69, 9.17) is 15.6 Å². The Kier molecular flexibility index (Phi) is 6.64. The zero-order valence-corrected chi connectivity index (χ0v) is 7.25. The number of hydrogen-bond acceptors (Lipinski definition) is 4. The molecule has 0 aliphatic heterocycles. The van der Waals surface area contributed by atoms with Gasteiger partial charge >= 0.3 is 0 Å². The molecule has 0 spiro atoms. The molecule has 0 aliphatic carbocycles. The van der Waals surface area contributed by atoms with Crippen LogP contribution in [0, 0.1) is 0 Å². The van der Waals surface area contributed by atoms with Gasteiger partial charge in [0.25, 0.3) is 0 Å². The third-order valence-electron chi connectivity index (χ3n) is 1.09. The molecule has 0 saturated carbocycles. The summed E-state index contributed by atoms with van der Waals surface area (Å²) in [6.07, 6.45) is -0.525. The Hall–Kier alpha value is -0.650. The van der Waals surface area contributed by atoms with Crippen LogP contribution < -0.4 is 11.1 Å². The van der Waals surface area contributed by atoms with Crippen LogP contribution in [-0.4, -0.2) is 43.4 Å². The normalized spacial score (nSPS) is 12.6. The number of nitrogens with two attached hydrogens (primary N) is 1. The van der Waals surface area contributed by atoms with Gasteiger partial charge < -0.3 is 20.9 Å². The van der Waals surface area contributed by atoms with Crippen LogP contribution in [0.4, 0.5) is 0 Å². The van der Waals surface area contributed by atoms with E-state index in [-0.39, 0.29) is 19.1 Å². The molecule has 1 atom stereocenters. The van der Waals surface area contributed by atoms with Crippen molar-refractivity contribution < 1.29 is 14.6 Å². The fourth-order valence-corrected chi connectivity index (χ4v) is 0.561. The standard InChI is InChI=1S/C7H16N2O3/c1-6(10)4-9-7(11)5-12-3-2-8/h6,10H,2-5,8H2,1H3,(H,9,11)/t6-/m0/s1. The van der Waals surface area contributed by atoms with Crippen molar-refractivity contribution in [2.45, 2.75) is 13.0 Å². The van der Waals surface area contributed by atoms with Crippen molar-refractivity contribution in [1.29, 1.82) is 0 Å². The SMILES string of the molecule is C[C@H](O)CNC(=O)COCCN. The summed E-state index contributed by atoms with van der Waals surface area (Å²) in [5, 5.41) is 11.3. The molecule has 1 amide bonds. The van der Waals surface area contributed by atoms with Gasteiger partial charge in [0.05, 0.1) is 12.7 Å². The minimum atomic E-state index is -0.525. The van der Waals surface area contributed by atoms with Gasteiger partial charge in [0.2, 0.25) is 5.91 Å². The van der Waals surface area contributed by atoms with Gasteiger partial charge in [-0.3, -0.25) is 4.79 Å². The monoisotopic (exact) mass is 176 g/mol. The fraction of sp³-hybridized carbons (Fsp3) is 0.857. The van der Waals surface area contributed by atoms with Crippen molar-refractivity contribution in [2.24, 2.45) is 5.73 Å². The lowest BCUT2D eigenvalue weighted by Crippen LogP contribution is -2.33. The number of rotatable bonds is 6. The third-order valence-corrected chi connectivity index (χ3v) is 1.09. The highest BCUT2D eigenvalue weighted by atomic mass is 16.5. The van der Waals surface area contributed by atoms with Crippen LogP contribution in [0.15, 0.2) is 0 Å². The molecule has 0 radical (unpaired) electrons. The van der Waals surface area contributed by atoms with Gasteiger partial charge in [0.15, 0.2) is 0 Å². The Morgan fingerprint density at radius 3 is 2.92 bits per heavy atom. The Morgan fingerprint density at radius 1 is 1.75 bits per heavy atom. The molecule has 0 fully saturated rings. The zero-order valence-electron chi connectivity index (χ0n) is 7.25. The number of carbonyl (C=O) groups excluding carboxylic acids is 1. The van der Waals surface area contributed by atoms with Crippen molar-refractivity contribution >= 4 is 5.91 Å². The van der Waals surface area contributed by atoms with Gasteiger partial charge in [-0.25, -0.2) is 0 Å². The number of nitrogens with one attached hydrogen (secondary N) is 1. The maximum absolute atomic E-state index is 10.8. The van der Waals surface area contributed by atoms with Gasteiger partial charge in [0, 0.05) is 13.1 Å². The van der Waals surface area contributed by atoms with Crippen molar-refractivity contribution in [3.05, 3.63) is 0 Å². The fourth-order valence-electron chi connectivity index (χ4n) is 0.561. The third kappa shape index (κ3) is 7.46. The van der Waals surface area contributed by atoms with Crippen molar-refractivity contribution in [1.82, 2.24) is 5.32 Å². The quantitative estimate of drug-likeness (QED) is 0.428. The van der Waals surface area contributed by atoms with E-state index in [2.05, 4.69) is 5.32 Å². The Bertz CT molecular complexity index is 128. The van der Waals surface area contributed by atoms with Crippen molar-refractivity contribution in [2.75, 3.05) is 26.3 Å². The lowest BCUT2D eigenvalue weighted by Gasteiger charge is -2.06. The average molecular weight is 176 g/mol. The summed E-state index contributed by atoms with van der Waals surface area (Å²) in [6.45, 7) is 2.64. The summed E-state index contributed by atoms with van der Waals surface area (Å²) in [6, 6.07) is 0. The first kappa shape index (κ1) is 11.4. The first-order valence-corrected chi connectivity index (χ1v) is 3.89. The lowest BCUT2D eigenvalue weighted by atomic mass is 10.4. The number of amides is 1. The molecule has 5 heteroatoms. The smallest absolute Gasteiger partial charge is 0.246 e. The van der Waals surface area contributed by atoms with E-state index in [1.807, 2.05) is 0 Å². The van der Waals surface area contributed by atoms with Crippen molar-refractivity contribution in [3.63, 3.8) is 0 Å². The molecule has 0 bridgehead atoms. The zero-order chi connectivity index (χ0) is 9.40. The molecule has 0 aromatic heterocycles. The van der Waals surface area contributed by atoms with Crippen molar-refractivity contribution in [3.8, 4) is 0 Å². The van der Waals surface area contributed by atoms with E-state index in [1.54, 1.807) is 6.92 Å². The Morgan fingerprint density at radius 2 is 2.42 bits per heavy atom. The van der Waals surface area contributed by atoms with Crippen LogP contribution in [0.3, 0.4) is 0 Å². The summed E-state index contributed by atoms with van der Waals surface area (Å²) in [4.78, 5) is 10.8. The number of aliphatic hydroxyl groups is 1. The second-order valence-corrected chi connectivity index (χ2v) is 2.49. The molecule has 0 aliphatic rings. The van der Waals surface area contributed by atoms with Gasteiger partial charge in [-0.1, -0.05) is 0 Å². The predicted octanol–water partition coefficient (Wildman–Crippen LogP) is -1.54. The summed E-state index contributed by atoms with van der Waals surface area (Å²) in [7, 11) is 0. The van der Waals surface area contributed by atoms with Crippen LogP contribution in [0.2, 0.25) is 0 Å². The van der Waals surface area contributed by atoms with Gasteiger partial charge in [0.1, 0.15) is 6.61 Å². The molecule has 0 saturated heterocycles. The topological polar surface area (TPSA) is 84.6 Å². The number of ether oxygens (including phenoxy) is 1. The lowest BCUT2D eigenvalue weighted by molar-refractivity contribution is -0.126. The van der Waals surface area contributed by atoms with Gasteiger partial charge in [-0.05, 0) is 6.92 Å². The van der Waals surface area contributed by atoms with Gasteiger partial charge in [-0.2, -0.15) is 0 Å². The van der Waals surface area contributed by atoms with Crippen LogP contribution >= 0.6 is 0 Å². The molecular formula is C7H16N2O3. The summed E-state index contributed by atoms with van der Waals surface area (Å²) >= 11 is 0. The predicted molar refractivity (Wildman–Crippen MR) is 44.6 cm³/mol. The molecule has 0 unspecified atom stereocenters. The van der Waals surface area contributed by atoms with Gasteiger partial charge in [-0.15, -0.1) is 0 Å². The maximum atomic E-state index is 10.8. The molecule has 72 valence electrons. The number of aliphatic hydroxyl groups excluding tert-OH is 1. The Labute approximate surface area is 71.9 Å². The van der Waals surface area contributed by atoms with E-state index < -0.39 is 6.10 Å². The number of carbonyl (C=O) groups is 1. The van der Waals surface area contributed by atoms with E-state index >= 15 is 0 Å². The molecule has 5 nitrogen and oxygen atoms in total. The highest BCUT2D eigenvalue weighted by Gasteiger charge is 2.01. The van der Waals surface area contributed by atoms with E-state index in [0.717, 1.165) is 0 Å². The molecule has 0 aromatic carbocycles. The second kappa shape index (κ2) is 7.02. The summed E-state index contributed by atoms with van der Waals surface area (Å²) < 4.78 is 4.86. The Balaban J connectivity index is 3.22. The average Bonchev–Trinajstić information content (AvgIpc) is 2.01. The first-order chi connectivity index (χ1) is 5.66. The molecule has 12 heavy (non-hydrogen) atoms. The molecule has 0 rings (SSSR count).